The third-order valence-corrected chi connectivity index (χ3v) is 12.5. The Morgan fingerprint density at radius 3 is 1.23 bits per heavy atom. The quantitative estimate of drug-likeness (QED) is 0.0228. The molecule has 0 radical (unpaired) electrons. The Kier molecular flexibility index (Phi) is 47.2. The number of unbranched alkanes of at least 4 members (excludes halogenated alkanes) is 14. The molecule has 0 aromatic rings. The maximum absolute atomic E-state index is 13.1. The number of carboxylic acid groups (broad SMARTS) is 1. The number of carbonyl (C=O) groups excluding carboxylic acids is 3. The van der Waals surface area contributed by atoms with Crippen molar-refractivity contribution in [3.8, 4) is 0 Å². The molecule has 0 bridgehead atoms. The fourth-order valence-electron chi connectivity index (χ4n) is 8.09. The van der Waals surface area contributed by atoms with E-state index >= 15 is 0 Å². The van der Waals surface area contributed by atoms with E-state index < -0.39 is 67.3 Å². The summed E-state index contributed by atoms with van der Waals surface area (Å²) in [6.45, 7) is 5.68. The molecule has 1 saturated heterocycles. The van der Waals surface area contributed by atoms with Crippen molar-refractivity contribution in [3.63, 3.8) is 0 Å². The first-order valence-corrected chi connectivity index (χ1v) is 29.5. The molecular weight excluding hydrogens is 973 g/mol. The van der Waals surface area contributed by atoms with E-state index in [1.165, 1.54) is 57.8 Å². The average molecular weight is 1080 g/mol. The first-order valence-electron chi connectivity index (χ1n) is 29.5. The van der Waals surface area contributed by atoms with Crippen LogP contribution in [0.5, 0.6) is 0 Å². The number of allylic oxidation sites excluding steroid dienone is 20. The molecule has 434 valence electrons. The van der Waals surface area contributed by atoms with Gasteiger partial charge in [-0.1, -0.05) is 219 Å². The van der Waals surface area contributed by atoms with Gasteiger partial charge >= 0.3 is 23.9 Å². The summed E-state index contributed by atoms with van der Waals surface area (Å²) in [5.74, 6) is -3.29. The molecule has 1 rings (SSSR count). The van der Waals surface area contributed by atoms with Gasteiger partial charge in [-0.15, -0.1) is 0 Å². The van der Waals surface area contributed by atoms with Crippen LogP contribution in [0.25, 0.3) is 0 Å². The lowest BCUT2D eigenvalue weighted by Gasteiger charge is -2.40. The van der Waals surface area contributed by atoms with Gasteiger partial charge in [0, 0.05) is 19.3 Å². The van der Waals surface area contributed by atoms with Crippen LogP contribution < -0.4 is 0 Å². The summed E-state index contributed by atoms with van der Waals surface area (Å²) in [4.78, 5) is 51.1. The molecular formula is C65H102O12. The SMILES string of the molecule is CC/C=C\C/C=C\C/C=C\C/C=C\C/C=C\CCCC(=O)OCC(COC1OC(C(=O)O)C(O)C(O)C1OC(=O)CCC/C=C\C/C=C\C/C=C\C/C=C\C/C=C\CC)OC(=O)CCCCCCCCCCCCCCC. The first kappa shape index (κ1) is 70.1. The van der Waals surface area contributed by atoms with E-state index in [1.807, 2.05) is 18.2 Å². The van der Waals surface area contributed by atoms with Gasteiger partial charge in [0.05, 0.1) is 6.61 Å². The Bertz CT molecular complexity index is 1800. The largest absolute Gasteiger partial charge is 0.479 e. The Morgan fingerprint density at radius 2 is 0.818 bits per heavy atom. The molecule has 1 aliphatic rings. The fourth-order valence-corrected chi connectivity index (χ4v) is 8.09. The normalized spacial score (nSPS) is 18.9. The Labute approximate surface area is 465 Å². The van der Waals surface area contributed by atoms with E-state index in [-0.39, 0.29) is 25.9 Å². The molecule has 6 atom stereocenters. The highest BCUT2D eigenvalue weighted by Crippen LogP contribution is 2.26. The van der Waals surface area contributed by atoms with Gasteiger partial charge in [0.2, 0.25) is 0 Å². The van der Waals surface area contributed by atoms with Crippen LogP contribution in [-0.4, -0.2) is 89.2 Å². The van der Waals surface area contributed by atoms with E-state index in [9.17, 15) is 34.5 Å². The molecule has 0 aromatic carbocycles. The van der Waals surface area contributed by atoms with Gasteiger partial charge in [-0.3, -0.25) is 14.4 Å². The third kappa shape index (κ3) is 41.8. The summed E-state index contributed by atoms with van der Waals surface area (Å²) >= 11 is 0. The zero-order valence-electron chi connectivity index (χ0n) is 47.7. The van der Waals surface area contributed by atoms with Crippen molar-refractivity contribution >= 4 is 23.9 Å². The number of carboxylic acids is 1. The number of aliphatic hydroxyl groups excluding tert-OH is 2. The molecule has 12 heteroatoms. The van der Waals surface area contributed by atoms with E-state index in [1.54, 1.807) is 0 Å². The van der Waals surface area contributed by atoms with Gasteiger partial charge in [-0.2, -0.15) is 0 Å². The Morgan fingerprint density at radius 1 is 0.442 bits per heavy atom. The number of aliphatic hydroxyl groups is 2. The summed E-state index contributed by atoms with van der Waals surface area (Å²) in [6, 6.07) is 0. The highest BCUT2D eigenvalue weighted by atomic mass is 16.7. The predicted octanol–water partition coefficient (Wildman–Crippen LogP) is 15.2. The molecule has 1 fully saturated rings. The Hall–Kier alpha value is -4.88. The maximum atomic E-state index is 13.1. The summed E-state index contributed by atoms with van der Waals surface area (Å²) < 4.78 is 28.3. The smallest absolute Gasteiger partial charge is 0.335 e. The minimum absolute atomic E-state index is 0.0286. The molecule has 1 heterocycles. The molecule has 0 saturated carbocycles. The van der Waals surface area contributed by atoms with Gasteiger partial charge in [0.15, 0.2) is 24.6 Å². The number of hydrogen-bond donors (Lipinski definition) is 3. The van der Waals surface area contributed by atoms with Crippen molar-refractivity contribution in [2.75, 3.05) is 13.2 Å². The molecule has 12 nitrogen and oxygen atoms in total. The minimum Gasteiger partial charge on any atom is -0.479 e. The summed E-state index contributed by atoms with van der Waals surface area (Å²) in [5.41, 5.74) is 0. The van der Waals surface area contributed by atoms with E-state index in [2.05, 4.69) is 124 Å². The van der Waals surface area contributed by atoms with Crippen molar-refractivity contribution in [1.29, 1.82) is 0 Å². The summed E-state index contributed by atoms with van der Waals surface area (Å²) in [6.07, 6.45) is 58.9. The van der Waals surface area contributed by atoms with Crippen molar-refractivity contribution in [1.82, 2.24) is 0 Å². The van der Waals surface area contributed by atoms with E-state index in [4.69, 9.17) is 23.7 Å². The van der Waals surface area contributed by atoms with Crippen LogP contribution in [0.2, 0.25) is 0 Å². The van der Waals surface area contributed by atoms with Crippen molar-refractivity contribution in [3.05, 3.63) is 122 Å². The van der Waals surface area contributed by atoms with Crippen molar-refractivity contribution in [2.24, 2.45) is 0 Å². The number of aliphatic carboxylic acids is 1. The van der Waals surface area contributed by atoms with Crippen LogP contribution in [0.15, 0.2) is 122 Å². The minimum atomic E-state index is -1.93. The van der Waals surface area contributed by atoms with Gasteiger partial charge in [0.25, 0.3) is 0 Å². The number of rotatable bonds is 48. The standard InChI is InChI=1S/C65H102O12/c1-4-7-10-13-16-19-22-25-27-29-31-34-36-39-42-45-48-51-57(66)73-54-56(75-58(67)52-49-46-43-40-37-33-24-21-18-15-12-9-6-3)55-74-65-63(61(70)60(69)62(77-65)64(71)72)76-59(68)53-50-47-44-41-38-35-32-30-28-26-23-20-17-14-11-8-5-2/h7-8,10-11,16-17,19-20,25-28,31-32,34-35,39,41-42,44,56,60-63,65,69-70H,4-6,9,12-15,18,21-24,29-30,33,36-38,40,43,45-55H2,1-3H3,(H,71,72)/b10-7-,11-8-,19-16-,20-17-,27-25-,28-26-,34-31-,35-32-,42-39-,44-41-. The molecule has 6 unspecified atom stereocenters. The summed E-state index contributed by atoms with van der Waals surface area (Å²) in [5, 5.41) is 31.5. The molecule has 0 aromatic heterocycles. The lowest BCUT2D eigenvalue weighted by molar-refractivity contribution is -0.301. The van der Waals surface area contributed by atoms with E-state index in [0.717, 1.165) is 83.5 Å². The van der Waals surface area contributed by atoms with Crippen molar-refractivity contribution < 1.29 is 58.2 Å². The topological polar surface area (TPSA) is 175 Å². The van der Waals surface area contributed by atoms with Gasteiger partial charge in [-0.05, 0) is 96.3 Å². The van der Waals surface area contributed by atoms with Crippen LogP contribution in [0, 0.1) is 0 Å². The van der Waals surface area contributed by atoms with Crippen LogP contribution in [0.4, 0.5) is 0 Å². The third-order valence-electron chi connectivity index (χ3n) is 12.5. The average Bonchev–Trinajstić information content (AvgIpc) is 3.42. The molecule has 0 spiro atoms. The predicted molar refractivity (Wildman–Crippen MR) is 312 cm³/mol. The second kappa shape index (κ2) is 51.9. The molecule has 3 N–H and O–H groups in total. The van der Waals surface area contributed by atoms with Gasteiger partial charge in [-0.25, -0.2) is 4.79 Å². The van der Waals surface area contributed by atoms with Gasteiger partial charge < -0.3 is 39.0 Å². The monoisotopic (exact) mass is 1070 g/mol. The second-order valence-electron chi connectivity index (χ2n) is 19.5. The molecule has 77 heavy (non-hydrogen) atoms. The first-order chi connectivity index (χ1) is 37.6. The number of ether oxygens (including phenoxy) is 5. The van der Waals surface area contributed by atoms with Crippen molar-refractivity contribution in [2.45, 2.75) is 250 Å². The van der Waals surface area contributed by atoms with Crippen LogP contribution in [0.3, 0.4) is 0 Å². The second-order valence-corrected chi connectivity index (χ2v) is 19.5. The Balaban J connectivity index is 2.77. The zero-order valence-corrected chi connectivity index (χ0v) is 47.7. The van der Waals surface area contributed by atoms with Crippen LogP contribution >= 0.6 is 0 Å². The lowest BCUT2D eigenvalue weighted by Crippen LogP contribution is -2.61. The van der Waals surface area contributed by atoms with Crippen LogP contribution in [0.1, 0.15) is 213 Å². The highest BCUT2D eigenvalue weighted by Gasteiger charge is 2.50. The molecule has 0 aliphatic carbocycles. The maximum Gasteiger partial charge on any atom is 0.335 e. The number of esters is 3. The molecule has 0 amide bonds. The van der Waals surface area contributed by atoms with Crippen LogP contribution in [-0.2, 0) is 42.9 Å². The number of hydrogen-bond acceptors (Lipinski definition) is 11. The zero-order chi connectivity index (χ0) is 56.1. The summed E-state index contributed by atoms with van der Waals surface area (Å²) in [7, 11) is 0. The highest BCUT2D eigenvalue weighted by molar-refractivity contribution is 5.74. The molecule has 1 aliphatic heterocycles. The lowest BCUT2D eigenvalue weighted by atomic mass is 9.98. The fraction of sp³-hybridized carbons (Fsp3) is 0.631. The van der Waals surface area contributed by atoms with E-state index in [0.29, 0.717) is 32.1 Å². The number of carbonyl (C=O) groups is 4. The van der Waals surface area contributed by atoms with Gasteiger partial charge in [0.1, 0.15) is 18.8 Å².